The van der Waals surface area contributed by atoms with Crippen LogP contribution < -0.4 is 16.8 Å². The van der Waals surface area contributed by atoms with Crippen molar-refractivity contribution in [1.82, 2.24) is 20.2 Å². The fourth-order valence-corrected chi connectivity index (χ4v) is 3.73. The fourth-order valence-electron chi connectivity index (χ4n) is 3.73. The van der Waals surface area contributed by atoms with Crippen molar-refractivity contribution in [2.75, 3.05) is 6.54 Å². The first-order chi connectivity index (χ1) is 17.8. The molecule has 2 rings (SSSR count). The molecule has 0 saturated carbocycles. The number of hydrogen-bond acceptors (Lipinski definition) is 8. The highest BCUT2D eigenvalue weighted by atomic mass is 16.6. The summed E-state index contributed by atoms with van der Waals surface area (Å²) in [4.78, 5) is 59.3. The number of carbonyl (C=O) groups excluding carboxylic acids is 4. The minimum atomic E-state index is -1.32. The molecule has 6 N–H and O–H groups in total. The third-order valence-corrected chi connectivity index (χ3v) is 5.67. The van der Waals surface area contributed by atoms with Crippen molar-refractivity contribution in [3.8, 4) is 0 Å². The molecule has 1 heterocycles. The molecule has 0 saturated heterocycles. The Hall–Kier alpha value is -3.57. The van der Waals surface area contributed by atoms with Gasteiger partial charge in [-0.05, 0) is 37.3 Å². The van der Waals surface area contributed by atoms with Gasteiger partial charge >= 0.3 is 6.09 Å². The Labute approximate surface area is 217 Å². The van der Waals surface area contributed by atoms with Crippen molar-refractivity contribution >= 4 is 24.2 Å². The first kappa shape index (κ1) is 29.7. The predicted octanol–water partition coefficient (Wildman–Crippen LogP) is 1.58. The van der Waals surface area contributed by atoms with Gasteiger partial charge in [0.1, 0.15) is 18.7 Å². The molecule has 0 unspecified atom stereocenters. The van der Waals surface area contributed by atoms with Crippen LogP contribution in [0.4, 0.5) is 4.79 Å². The standard InChI is InChI=1S/C26H37N6O5/c1-18(2)12-23(31-24(34)22(28)10-6-7-11-27)25(35)32(21(15-33)13-20-14-29-17-30-20)26(36)37-16-19-8-4-3-5-9-19/h3-5,8-9,14,17-18,21-23H,6-7,10-13,16,27-28H2,1-2H3,(H,29,30)(H,31,34)/t21-,22-,23-/m0/s1. The third-order valence-electron chi connectivity index (χ3n) is 5.67. The molecule has 11 nitrogen and oxygen atoms in total. The summed E-state index contributed by atoms with van der Waals surface area (Å²) < 4.78 is 5.40. The molecular formula is C26H37N6O5. The molecule has 0 aliphatic heterocycles. The van der Waals surface area contributed by atoms with Crippen LogP contribution in [-0.2, 0) is 32.1 Å². The van der Waals surface area contributed by atoms with Gasteiger partial charge in [-0.2, -0.15) is 0 Å². The Morgan fingerprint density at radius 2 is 1.92 bits per heavy atom. The van der Waals surface area contributed by atoms with Crippen molar-refractivity contribution in [1.29, 1.82) is 0 Å². The lowest BCUT2D eigenvalue weighted by atomic mass is 10.0. The minimum absolute atomic E-state index is 0.0186. The molecule has 0 fully saturated rings. The van der Waals surface area contributed by atoms with E-state index in [1.54, 1.807) is 36.7 Å². The van der Waals surface area contributed by atoms with Gasteiger partial charge in [-0.15, -0.1) is 0 Å². The van der Waals surface area contributed by atoms with Gasteiger partial charge in [0.05, 0.1) is 18.1 Å². The number of rotatable bonds is 15. The molecule has 2 aromatic rings. The molecule has 11 heteroatoms. The maximum atomic E-state index is 13.7. The minimum Gasteiger partial charge on any atom is -0.444 e. The van der Waals surface area contributed by atoms with Gasteiger partial charge < -0.3 is 26.5 Å². The topological polar surface area (TPSA) is 174 Å². The van der Waals surface area contributed by atoms with Crippen LogP contribution in [0.3, 0.4) is 0 Å². The van der Waals surface area contributed by atoms with Crippen LogP contribution in [0.2, 0.25) is 0 Å². The number of hydrogen-bond donors (Lipinski definition) is 4. The third kappa shape index (κ3) is 9.77. The Morgan fingerprint density at radius 1 is 1.19 bits per heavy atom. The summed E-state index contributed by atoms with van der Waals surface area (Å²) in [5.41, 5.74) is 12.7. The van der Waals surface area contributed by atoms with Gasteiger partial charge in [0.25, 0.3) is 5.91 Å². The van der Waals surface area contributed by atoms with E-state index in [-0.39, 0.29) is 25.4 Å². The fraction of sp³-hybridized carbons (Fsp3) is 0.500. The van der Waals surface area contributed by atoms with Crippen molar-refractivity contribution in [3.63, 3.8) is 0 Å². The number of amides is 3. The lowest BCUT2D eigenvalue weighted by molar-refractivity contribution is -0.136. The molecule has 0 spiro atoms. The number of ether oxygens (including phenoxy) is 1. The lowest BCUT2D eigenvalue weighted by Gasteiger charge is -2.30. The summed E-state index contributed by atoms with van der Waals surface area (Å²) in [6.07, 6.45) is 5.66. The first-order valence-electron chi connectivity index (χ1n) is 12.4. The maximum Gasteiger partial charge on any atom is 0.417 e. The van der Waals surface area contributed by atoms with Crippen LogP contribution in [0.15, 0.2) is 42.9 Å². The second-order valence-corrected chi connectivity index (χ2v) is 9.23. The van der Waals surface area contributed by atoms with Crippen molar-refractivity contribution in [2.24, 2.45) is 17.4 Å². The number of nitrogens with two attached hydrogens (primary N) is 2. The predicted molar refractivity (Wildman–Crippen MR) is 138 cm³/mol. The molecule has 0 bridgehead atoms. The smallest absolute Gasteiger partial charge is 0.417 e. The zero-order valence-corrected chi connectivity index (χ0v) is 21.4. The van der Waals surface area contributed by atoms with Crippen LogP contribution in [0.1, 0.15) is 50.8 Å². The van der Waals surface area contributed by atoms with E-state index in [9.17, 15) is 19.2 Å². The van der Waals surface area contributed by atoms with Crippen molar-refractivity contribution < 1.29 is 23.9 Å². The Morgan fingerprint density at radius 3 is 2.51 bits per heavy atom. The monoisotopic (exact) mass is 513 g/mol. The molecule has 1 radical (unpaired) electrons. The highest BCUT2D eigenvalue weighted by molar-refractivity contribution is 5.99. The average Bonchev–Trinajstić information content (AvgIpc) is 3.40. The lowest BCUT2D eigenvalue weighted by Crippen LogP contribution is -2.57. The van der Waals surface area contributed by atoms with Crippen LogP contribution in [0.25, 0.3) is 0 Å². The zero-order chi connectivity index (χ0) is 27.2. The van der Waals surface area contributed by atoms with Gasteiger partial charge in [0, 0.05) is 12.6 Å². The van der Waals surface area contributed by atoms with E-state index in [4.69, 9.17) is 16.2 Å². The number of imide groups is 1. The van der Waals surface area contributed by atoms with Crippen molar-refractivity contribution in [2.45, 2.75) is 70.7 Å². The molecule has 0 aliphatic carbocycles. The number of carbonyl (C=O) groups is 3. The molecule has 201 valence electrons. The Balaban J connectivity index is 2.28. The first-order valence-corrected chi connectivity index (χ1v) is 12.4. The number of aromatic nitrogens is 2. The molecule has 37 heavy (non-hydrogen) atoms. The number of aromatic amines is 1. The highest BCUT2D eigenvalue weighted by Gasteiger charge is 2.38. The molecule has 1 aromatic heterocycles. The van der Waals surface area contributed by atoms with Gasteiger partial charge in [0.2, 0.25) is 12.2 Å². The van der Waals surface area contributed by atoms with E-state index < -0.39 is 36.0 Å². The number of imidazole rings is 1. The normalized spacial score (nSPS) is 13.4. The number of unbranched alkanes of at least 4 members (excludes halogenated alkanes) is 1. The van der Waals surface area contributed by atoms with Crippen molar-refractivity contribution in [3.05, 3.63) is 54.1 Å². The summed E-state index contributed by atoms with van der Waals surface area (Å²) in [6.45, 7) is 4.13. The van der Waals surface area contributed by atoms with Crippen LogP contribution in [0.5, 0.6) is 0 Å². The summed E-state index contributed by atoms with van der Waals surface area (Å²) in [6, 6.07) is 5.66. The Kier molecular flexibility index (Phi) is 12.4. The number of benzene rings is 1. The number of H-pyrrole nitrogens is 1. The van der Waals surface area contributed by atoms with Gasteiger partial charge in [-0.1, -0.05) is 50.6 Å². The maximum absolute atomic E-state index is 13.7. The summed E-state index contributed by atoms with van der Waals surface area (Å²) in [7, 11) is 0. The quantitative estimate of drug-likeness (QED) is 0.260. The number of nitrogens with zero attached hydrogens (tertiary/aromatic N) is 2. The van der Waals surface area contributed by atoms with E-state index in [1.807, 2.05) is 19.9 Å². The average molecular weight is 514 g/mol. The SMILES string of the molecule is CC(C)C[C@H](NC(=O)[C@@H](N)CCCCN)C(=O)N(C(=O)OCc1ccccc1)[C@H]([C]=O)Cc1c[nH]cn1. The number of nitrogens with one attached hydrogen (secondary N) is 2. The van der Waals surface area contributed by atoms with Gasteiger partial charge in [-0.25, -0.2) is 14.7 Å². The second kappa shape index (κ2) is 15.5. The molecule has 0 aliphatic rings. The van der Waals surface area contributed by atoms with Crippen LogP contribution in [-0.4, -0.2) is 63.7 Å². The van der Waals surface area contributed by atoms with E-state index in [1.165, 1.54) is 6.33 Å². The van der Waals surface area contributed by atoms with Crippen LogP contribution in [0, 0.1) is 5.92 Å². The van der Waals surface area contributed by atoms with E-state index in [0.717, 1.165) is 11.3 Å². The van der Waals surface area contributed by atoms with Gasteiger partial charge in [0.15, 0.2) is 0 Å². The van der Waals surface area contributed by atoms with Crippen LogP contribution >= 0.6 is 0 Å². The largest absolute Gasteiger partial charge is 0.444 e. The Bertz CT molecular complexity index is 983. The highest BCUT2D eigenvalue weighted by Crippen LogP contribution is 2.16. The summed E-state index contributed by atoms with van der Waals surface area (Å²) in [5.74, 6) is -1.32. The van der Waals surface area contributed by atoms with Gasteiger partial charge in [-0.3, -0.25) is 14.4 Å². The van der Waals surface area contributed by atoms with E-state index in [2.05, 4.69) is 15.3 Å². The zero-order valence-electron chi connectivity index (χ0n) is 21.4. The van der Waals surface area contributed by atoms with E-state index in [0.29, 0.717) is 30.6 Å². The molecule has 3 amide bonds. The molecule has 1 aromatic carbocycles. The second-order valence-electron chi connectivity index (χ2n) is 9.23. The summed E-state index contributed by atoms with van der Waals surface area (Å²) >= 11 is 0. The van der Waals surface area contributed by atoms with E-state index >= 15 is 0 Å². The molecule has 3 atom stereocenters. The summed E-state index contributed by atoms with van der Waals surface area (Å²) in [5, 5.41) is 2.68. The molecular weight excluding hydrogens is 476 g/mol.